The lowest BCUT2D eigenvalue weighted by molar-refractivity contribution is 0.266. The zero-order valence-corrected chi connectivity index (χ0v) is 10.2. The van der Waals surface area contributed by atoms with Gasteiger partial charge in [-0.05, 0) is 39.1 Å². The van der Waals surface area contributed by atoms with E-state index in [-0.39, 0.29) is 0 Å². The highest BCUT2D eigenvalue weighted by Gasteiger charge is 2.03. The van der Waals surface area contributed by atoms with Crippen LogP contribution in [0.2, 0.25) is 0 Å². The standard InChI is InChI=1S/C13H22N2/c1-11(2)15(4)10-13-7-5-12(6-8-13)9-14-3/h5-8,11,14H,9-10H2,1-4H3. The maximum absolute atomic E-state index is 3.15. The zero-order chi connectivity index (χ0) is 11.3. The first kappa shape index (κ1) is 12.2. The van der Waals surface area contributed by atoms with Gasteiger partial charge in [0.05, 0.1) is 0 Å². The summed E-state index contributed by atoms with van der Waals surface area (Å²) in [5.41, 5.74) is 2.72. The van der Waals surface area contributed by atoms with Crippen molar-refractivity contribution in [2.45, 2.75) is 33.0 Å². The van der Waals surface area contributed by atoms with Gasteiger partial charge in [-0.3, -0.25) is 4.90 Å². The molecule has 0 unspecified atom stereocenters. The van der Waals surface area contributed by atoms with Gasteiger partial charge in [0.25, 0.3) is 0 Å². The highest BCUT2D eigenvalue weighted by Crippen LogP contribution is 2.08. The molecule has 0 spiro atoms. The van der Waals surface area contributed by atoms with E-state index in [2.05, 4.69) is 55.4 Å². The predicted molar refractivity (Wildman–Crippen MR) is 65.8 cm³/mol. The quantitative estimate of drug-likeness (QED) is 0.795. The number of hydrogen-bond donors (Lipinski definition) is 1. The molecule has 2 heteroatoms. The van der Waals surface area contributed by atoms with Crippen molar-refractivity contribution in [3.63, 3.8) is 0 Å². The smallest absolute Gasteiger partial charge is 0.0233 e. The van der Waals surface area contributed by atoms with Crippen molar-refractivity contribution in [2.24, 2.45) is 0 Å². The SMILES string of the molecule is CNCc1ccc(CN(C)C(C)C)cc1. The molecule has 0 aliphatic heterocycles. The second kappa shape index (κ2) is 5.89. The lowest BCUT2D eigenvalue weighted by Gasteiger charge is -2.21. The van der Waals surface area contributed by atoms with Crippen LogP contribution in [0.25, 0.3) is 0 Å². The number of rotatable bonds is 5. The summed E-state index contributed by atoms with van der Waals surface area (Å²) >= 11 is 0. The van der Waals surface area contributed by atoms with Gasteiger partial charge < -0.3 is 5.32 Å². The van der Waals surface area contributed by atoms with Crippen LogP contribution in [0.3, 0.4) is 0 Å². The van der Waals surface area contributed by atoms with E-state index in [1.165, 1.54) is 11.1 Å². The second-order valence-electron chi connectivity index (χ2n) is 4.36. The molecule has 84 valence electrons. The van der Waals surface area contributed by atoms with Crippen LogP contribution in [0.15, 0.2) is 24.3 Å². The molecular weight excluding hydrogens is 184 g/mol. The molecule has 0 saturated heterocycles. The molecule has 0 fully saturated rings. The number of hydrogen-bond acceptors (Lipinski definition) is 2. The van der Waals surface area contributed by atoms with Crippen LogP contribution in [-0.4, -0.2) is 25.0 Å². The molecule has 0 aromatic heterocycles. The van der Waals surface area contributed by atoms with Gasteiger partial charge in [0, 0.05) is 19.1 Å². The summed E-state index contributed by atoms with van der Waals surface area (Å²) in [6.07, 6.45) is 0. The van der Waals surface area contributed by atoms with Crippen LogP contribution in [-0.2, 0) is 13.1 Å². The van der Waals surface area contributed by atoms with Crippen molar-refractivity contribution in [2.75, 3.05) is 14.1 Å². The highest BCUT2D eigenvalue weighted by atomic mass is 15.1. The Labute approximate surface area is 93.3 Å². The fraction of sp³-hybridized carbons (Fsp3) is 0.538. The normalized spacial score (nSPS) is 11.3. The Morgan fingerprint density at radius 1 is 1.13 bits per heavy atom. The van der Waals surface area contributed by atoms with Crippen LogP contribution in [0.1, 0.15) is 25.0 Å². The molecule has 0 saturated carbocycles. The molecule has 0 bridgehead atoms. The number of benzene rings is 1. The lowest BCUT2D eigenvalue weighted by Crippen LogP contribution is -2.25. The van der Waals surface area contributed by atoms with Crippen molar-refractivity contribution in [1.82, 2.24) is 10.2 Å². The maximum Gasteiger partial charge on any atom is 0.0233 e. The maximum atomic E-state index is 3.15. The number of nitrogens with one attached hydrogen (secondary N) is 1. The summed E-state index contributed by atoms with van der Waals surface area (Å²) in [5.74, 6) is 0. The Morgan fingerprint density at radius 2 is 1.67 bits per heavy atom. The summed E-state index contributed by atoms with van der Waals surface area (Å²) in [7, 11) is 4.13. The first-order chi connectivity index (χ1) is 7.13. The Bertz CT molecular complexity index is 277. The molecule has 0 amide bonds. The Kier molecular flexibility index (Phi) is 4.79. The molecule has 1 aromatic rings. The molecule has 2 nitrogen and oxygen atoms in total. The van der Waals surface area contributed by atoms with Gasteiger partial charge in [-0.2, -0.15) is 0 Å². The van der Waals surface area contributed by atoms with Crippen molar-refractivity contribution < 1.29 is 0 Å². The largest absolute Gasteiger partial charge is 0.316 e. The summed E-state index contributed by atoms with van der Waals surface area (Å²) in [5, 5.41) is 3.15. The molecule has 0 aliphatic rings. The Balaban J connectivity index is 2.56. The van der Waals surface area contributed by atoms with E-state index in [0.717, 1.165) is 13.1 Å². The molecule has 1 N–H and O–H groups in total. The highest BCUT2D eigenvalue weighted by molar-refractivity contribution is 5.22. The van der Waals surface area contributed by atoms with Crippen molar-refractivity contribution in [3.8, 4) is 0 Å². The van der Waals surface area contributed by atoms with Crippen LogP contribution in [0, 0.1) is 0 Å². The number of nitrogens with zero attached hydrogens (tertiary/aromatic N) is 1. The van der Waals surface area contributed by atoms with Crippen LogP contribution >= 0.6 is 0 Å². The van der Waals surface area contributed by atoms with E-state index in [0.29, 0.717) is 6.04 Å². The minimum Gasteiger partial charge on any atom is -0.316 e. The molecule has 1 aromatic carbocycles. The van der Waals surface area contributed by atoms with Crippen LogP contribution in [0.5, 0.6) is 0 Å². The molecule has 15 heavy (non-hydrogen) atoms. The van der Waals surface area contributed by atoms with Gasteiger partial charge in [-0.1, -0.05) is 24.3 Å². The molecule has 0 radical (unpaired) electrons. The van der Waals surface area contributed by atoms with Gasteiger partial charge >= 0.3 is 0 Å². The zero-order valence-electron chi connectivity index (χ0n) is 10.2. The molecule has 0 atom stereocenters. The van der Waals surface area contributed by atoms with Gasteiger partial charge in [0.15, 0.2) is 0 Å². The summed E-state index contributed by atoms with van der Waals surface area (Å²) in [6, 6.07) is 9.42. The Hall–Kier alpha value is -0.860. The Morgan fingerprint density at radius 3 is 2.13 bits per heavy atom. The van der Waals surface area contributed by atoms with Gasteiger partial charge in [0.1, 0.15) is 0 Å². The lowest BCUT2D eigenvalue weighted by atomic mass is 10.1. The third kappa shape index (κ3) is 4.02. The third-order valence-electron chi connectivity index (χ3n) is 2.72. The molecule has 1 rings (SSSR count). The van der Waals surface area contributed by atoms with Crippen molar-refractivity contribution in [3.05, 3.63) is 35.4 Å². The van der Waals surface area contributed by atoms with Crippen LogP contribution in [0.4, 0.5) is 0 Å². The van der Waals surface area contributed by atoms with E-state index in [4.69, 9.17) is 0 Å². The van der Waals surface area contributed by atoms with E-state index >= 15 is 0 Å². The molecular formula is C13H22N2. The monoisotopic (exact) mass is 206 g/mol. The predicted octanol–water partition coefficient (Wildman–Crippen LogP) is 2.25. The van der Waals surface area contributed by atoms with E-state index in [1.54, 1.807) is 0 Å². The van der Waals surface area contributed by atoms with Crippen LogP contribution < -0.4 is 5.32 Å². The van der Waals surface area contributed by atoms with Gasteiger partial charge in [-0.25, -0.2) is 0 Å². The van der Waals surface area contributed by atoms with Gasteiger partial charge in [0.2, 0.25) is 0 Å². The third-order valence-corrected chi connectivity index (χ3v) is 2.72. The average Bonchev–Trinajstić information content (AvgIpc) is 2.21. The molecule has 0 aliphatic carbocycles. The first-order valence-corrected chi connectivity index (χ1v) is 5.56. The second-order valence-corrected chi connectivity index (χ2v) is 4.36. The topological polar surface area (TPSA) is 15.3 Å². The average molecular weight is 206 g/mol. The minimum atomic E-state index is 0.599. The molecule has 0 heterocycles. The van der Waals surface area contributed by atoms with Gasteiger partial charge in [-0.15, -0.1) is 0 Å². The van der Waals surface area contributed by atoms with E-state index in [1.807, 2.05) is 7.05 Å². The van der Waals surface area contributed by atoms with Crippen molar-refractivity contribution >= 4 is 0 Å². The first-order valence-electron chi connectivity index (χ1n) is 5.56. The van der Waals surface area contributed by atoms with E-state index < -0.39 is 0 Å². The van der Waals surface area contributed by atoms with E-state index in [9.17, 15) is 0 Å². The minimum absolute atomic E-state index is 0.599. The summed E-state index contributed by atoms with van der Waals surface area (Å²) in [4.78, 5) is 2.34. The fourth-order valence-electron chi connectivity index (χ4n) is 1.44. The van der Waals surface area contributed by atoms with Crippen molar-refractivity contribution in [1.29, 1.82) is 0 Å². The fourth-order valence-corrected chi connectivity index (χ4v) is 1.44. The summed E-state index contributed by atoms with van der Waals surface area (Å²) in [6.45, 7) is 6.41. The summed E-state index contributed by atoms with van der Waals surface area (Å²) < 4.78 is 0.